The van der Waals surface area contributed by atoms with Gasteiger partial charge in [0.25, 0.3) is 5.91 Å². The Balaban J connectivity index is 1.50. The van der Waals surface area contributed by atoms with Gasteiger partial charge in [-0.05, 0) is 61.2 Å². The summed E-state index contributed by atoms with van der Waals surface area (Å²) in [5.41, 5.74) is 3.86. The highest BCUT2D eigenvalue weighted by Gasteiger charge is 2.14. The molecule has 1 fully saturated rings. The molecule has 2 aromatic carbocycles. The molecule has 0 aliphatic carbocycles. The first-order chi connectivity index (χ1) is 13.5. The molecule has 0 atom stereocenters. The van der Waals surface area contributed by atoms with Crippen LogP contribution in [-0.2, 0) is 20.7 Å². The van der Waals surface area contributed by atoms with E-state index in [1.54, 1.807) is 24.3 Å². The molecule has 1 aliphatic heterocycles. The maximum atomic E-state index is 12.2. The largest absolute Gasteiger partial charge is 0.484 e. The highest BCUT2D eigenvalue weighted by atomic mass is 16.5. The monoisotopic (exact) mass is 382 g/mol. The lowest BCUT2D eigenvalue weighted by molar-refractivity contribution is -0.139. The van der Waals surface area contributed by atoms with E-state index in [0.29, 0.717) is 5.75 Å². The van der Waals surface area contributed by atoms with Crippen molar-refractivity contribution < 1.29 is 19.1 Å². The van der Waals surface area contributed by atoms with Crippen LogP contribution < -0.4 is 15.0 Å². The van der Waals surface area contributed by atoms with Crippen molar-refractivity contribution in [3.05, 3.63) is 53.6 Å². The number of methoxy groups -OCH3 is 1. The highest BCUT2D eigenvalue weighted by molar-refractivity contribution is 5.92. The lowest BCUT2D eigenvalue weighted by Crippen LogP contribution is -2.21. The van der Waals surface area contributed by atoms with E-state index in [0.717, 1.165) is 29.9 Å². The Morgan fingerprint density at radius 3 is 2.43 bits per heavy atom. The molecule has 0 unspecified atom stereocenters. The first-order valence-electron chi connectivity index (χ1n) is 9.49. The molecule has 0 bridgehead atoms. The number of carbonyl (C=O) groups excluding carboxylic acids is 2. The zero-order valence-electron chi connectivity index (χ0n) is 16.4. The molecule has 1 N–H and O–H groups in total. The van der Waals surface area contributed by atoms with E-state index in [1.807, 2.05) is 13.0 Å². The van der Waals surface area contributed by atoms with Crippen LogP contribution in [0.2, 0.25) is 0 Å². The molecule has 1 aliphatic rings. The molecule has 3 rings (SSSR count). The quantitative estimate of drug-likeness (QED) is 0.744. The number of ether oxygens (including phenoxy) is 2. The van der Waals surface area contributed by atoms with E-state index in [4.69, 9.17) is 4.74 Å². The molecule has 1 amide bonds. The van der Waals surface area contributed by atoms with Gasteiger partial charge in [-0.3, -0.25) is 9.59 Å². The van der Waals surface area contributed by atoms with Crippen LogP contribution in [-0.4, -0.2) is 38.7 Å². The van der Waals surface area contributed by atoms with Crippen LogP contribution in [0, 0.1) is 6.92 Å². The number of aryl methyl sites for hydroxylation is 1. The van der Waals surface area contributed by atoms with Crippen LogP contribution in [0.5, 0.6) is 5.75 Å². The fraction of sp³-hybridized carbons (Fsp3) is 0.364. The third kappa shape index (κ3) is 5.25. The van der Waals surface area contributed by atoms with Gasteiger partial charge < -0.3 is 19.7 Å². The topological polar surface area (TPSA) is 67.9 Å². The number of benzene rings is 2. The predicted molar refractivity (Wildman–Crippen MR) is 109 cm³/mol. The molecular weight excluding hydrogens is 356 g/mol. The minimum atomic E-state index is -0.292. The SMILES string of the molecule is COC(=O)Cc1ccc(OCC(=O)Nc2ccc(N3CCCC3)cc2C)cc1. The normalized spacial score (nSPS) is 13.3. The van der Waals surface area contributed by atoms with Crippen molar-refractivity contribution in [2.75, 3.05) is 37.0 Å². The number of nitrogens with zero attached hydrogens (tertiary/aromatic N) is 1. The van der Waals surface area contributed by atoms with Crippen molar-refractivity contribution in [1.29, 1.82) is 0 Å². The van der Waals surface area contributed by atoms with E-state index in [1.165, 1.54) is 25.6 Å². The summed E-state index contributed by atoms with van der Waals surface area (Å²) < 4.78 is 10.2. The molecule has 28 heavy (non-hydrogen) atoms. The van der Waals surface area contributed by atoms with Crippen LogP contribution in [0.4, 0.5) is 11.4 Å². The van der Waals surface area contributed by atoms with E-state index < -0.39 is 0 Å². The van der Waals surface area contributed by atoms with Crippen molar-refractivity contribution in [1.82, 2.24) is 0 Å². The van der Waals surface area contributed by atoms with Crippen LogP contribution >= 0.6 is 0 Å². The third-order valence-electron chi connectivity index (χ3n) is 4.82. The van der Waals surface area contributed by atoms with Gasteiger partial charge in [0, 0.05) is 24.5 Å². The number of amides is 1. The standard InChI is InChI=1S/C22H26N2O4/c1-16-13-18(24-11-3-4-12-24)7-10-20(16)23-21(25)15-28-19-8-5-17(6-9-19)14-22(26)27-2/h5-10,13H,3-4,11-12,14-15H2,1-2H3,(H,23,25). The average Bonchev–Trinajstić information content (AvgIpc) is 3.24. The maximum absolute atomic E-state index is 12.2. The summed E-state index contributed by atoms with van der Waals surface area (Å²) in [4.78, 5) is 25.9. The second kappa shape index (κ2) is 9.26. The molecule has 1 saturated heterocycles. The molecular formula is C22H26N2O4. The van der Waals surface area contributed by atoms with Crippen LogP contribution in [0.1, 0.15) is 24.0 Å². The zero-order chi connectivity index (χ0) is 19.9. The Bertz CT molecular complexity index is 827. The van der Waals surface area contributed by atoms with Gasteiger partial charge in [-0.1, -0.05) is 12.1 Å². The Morgan fingerprint density at radius 1 is 1.07 bits per heavy atom. The van der Waals surface area contributed by atoms with E-state index >= 15 is 0 Å². The molecule has 2 aromatic rings. The Morgan fingerprint density at radius 2 is 1.79 bits per heavy atom. The van der Waals surface area contributed by atoms with Gasteiger partial charge >= 0.3 is 5.97 Å². The summed E-state index contributed by atoms with van der Waals surface area (Å²) >= 11 is 0. The van der Waals surface area contributed by atoms with E-state index in [2.05, 4.69) is 27.1 Å². The molecule has 0 spiro atoms. The molecule has 0 aromatic heterocycles. The zero-order valence-corrected chi connectivity index (χ0v) is 16.4. The van der Waals surface area contributed by atoms with Gasteiger partial charge in [0.1, 0.15) is 5.75 Å². The van der Waals surface area contributed by atoms with Gasteiger partial charge in [0.2, 0.25) is 0 Å². The van der Waals surface area contributed by atoms with Crippen LogP contribution in [0.3, 0.4) is 0 Å². The molecule has 1 heterocycles. The smallest absolute Gasteiger partial charge is 0.309 e. The van der Waals surface area contributed by atoms with E-state index in [-0.39, 0.29) is 24.9 Å². The van der Waals surface area contributed by atoms with Crippen LogP contribution in [0.15, 0.2) is 42.5 Å². The molecule has 6 nitrogen and oxygen atoms in total. The Kier molecular flexibility index (Phi) is 6.53. The van der Waals surface area contributed by atoms with Crippen molar-refractivity contribution >= 4 is 23.3 Å². The first kappa shape index (κ1) is 19.7. The summed E-state index contributed by atoms with van der Waals surface area (Å²) in [6.45, 7) is 4.11. The maximum Gasteiger partial charge on any atom is 0.309 e. The molecule has 0 saturated carbocycles. The number of rotatable bonds is 7. The number of carbonyl (C=O) groups is 2. The summed E-state index contributed by atoms with van der Waals surface area (Å²) in [6, 6.07) is 13.2. The van der Waals surface area contributed by atoms with Gasteiger partial charge in [-0.15, -0.1) is 0 Å². The fourth-order valence-corrected chi connectivity index (χ4v) is 3.24. The van der Waals surface area contributed by atoms with Crippen molar-refractivity contribution in [3.8, 4) is 5.75 Å². The van der Waals surface area contributed by atoms with Crippen molar-refractivity contribution in [2.24, 2.45) is 0 Å². The van der Waals surface area contributed by atoms with Crippen molar-refractivity contribution in [3.63, 3.8) is 0 Å². The van der Waals surface area contributed by atoms with Gasteiger partial charge in [-0.25, -0.2) is 0 Å². The number of hydrogen-bond donors (Lipinski definition) is 1. The lowest BCUT2D eigenvalue weighted by atomic mass is 10.1. The number of esters is 1. The van der Waals surface area contributed by atoms with Gasteiger partial charge in [0.15, 0.2) is 6.61 Å². The first-order valence-corrected chi connectivity index (χ1v) is 9.49. The minimum absolute atomic E-state index is 0.0797. The average molecular weight is 382 g/mol. The van der Waals surface area contributed by atoms with Gasteiger partial charge in [0.05, 0.1) is 13.5 Å². The summed E-state index contributed by atoms with van der Waals surface area (Å²) in [5, 5.41) is 2.90. The van der Waals surface area contributed by atoms with Gasteiger partial charge in [-0.2, -0.15) is 0 Å². The van der Waals surface area contributed by atoms with Crippen LogP contribution in [0.25, 0.3) is 0 Å². The Hall–Kier alpha value is -3.02. The summed E-state index contributed by atoms with van der Waals surface area (Å²) in [6.07, 6.45) is 2.68. The second-order valence-corrected chi connectivity index (χ2v) is 6.93. The Labute approximate surface area is 165 Å². The summed E-state index contributed by atoms with van der Waals surface area (Å²) in [5.74, 6) is 0.0692. The number of anilines is 2. The number of nitrogens with one attached hydrogen (secondary N) is 1. The highest BCUT2D eigenvalue weighted by Crippen LogP contribution is 2.25. The lowest BCUT2D eigenvalue weighted by Gasteiger charge is -2.19. The predicted octanol–water partition coefficient (Wildman–Crippen LogP) is 3.33. The second-order valence-electron chi connectivity index (χ2n) is 6.93. The molecule has 6 heteroatoms. The minimum Gasteiger partial charge on any atom is -0.484 e. The summed E-state index contributed by atoms with van der Waals surface area (Å²) in [7, 11) is 1.36. The number of hydrogen-bond acceptors (Lipinski definition) is 5. The third-order valence-corrected chi connectivity index (χ3v) is 4.82. The van der Waals surface area contributed by atoms with Crippen molar-refractivity contribution in [2.45, 2.75) is 26.2 Å². The molecule has 148 valence electrons. The van der Waals surface area contributed by atoms with E-state index in [9.17, 15) is 9.59 Å². The fourth-order valence-electron chi connectivity index (χ4n) is 3.24. The molecule has 0 radical (unpaired) electrons.